The molecule has 1 fully saturated rings. The van der Waals surface area contributed by atoms with Crippen molar-refractivity contribution in [1.82, 2.24) is 9.62 Å². The number of hydrogen-bond donors (Lipinski definition) is 1. The van der Waals surface area contributed by atoms with Crippen molar-refractivity contribution in [3.63, 3.8) is 0 Å². The lowest BCUT2D eigenvalue weighted by molar-refractivity contribution is -0.131. The van der Waals surface area contributed by atoms with Crippen LogP contribution in [0.25, 0.3) is 0 Å². The van der Waals surface area contributed by atoms with Crippen LogP contribution in [0.15, 0.2) is 29.2 Å². The van der Waals surface area contributed by atoms with E-state index in [0.29, 0.717) is 25.9 Å². The van der Waals surface area contributed by atoms with E-state index < -0.39 is 35.8 Å². The number of sulfone groups is 1. The minimum absolute atomic E-state index is 0.0622. The second-order valence-corrected chi connectivity index (χ2v) is 11.4. The van der Waals surface area contributed by atoms with Crippen LogP contribution in [-0.4, -0.2) is 58.3 Å². The second kappa shape index (κ2) is 9.32. The molecule has 0 spiro atoms. The average Bonchev–Trinajstić information content (AvgIpc) is 2.60. The zero-order valence-electron chi connectivity index (χ0n) is 16.1. The van der Waals surface area contributed by atoms with Gasteiger partial charge >= 0.3 is 0 Å². The summed E-state index contributed by atoms with van der Waals surface area (Å²) < 4.78 is 64.7. The summed E-state index contributed by atoms with van der Waals surface area (Å²) in [6.07, 6.45) is 0.709. The first-order chi connectivity index (χ1) is 13.0. The largest absolute Gasteiger partial charge is 0.343 e. The first-order valence-corrected chi connectivity index (χ1v) is 12.5. The molecule has 1 amide bonds. The molecule has 0 aliphatic carbocycles. The standard InChI is InChI=1S/C18H27FN2O5S2/c1-14(2)13-27(23,24)15-8-11-21(12-9-15)18(22)7-10-20-28(25,26)17-6-4-3-5-16(17)19/h3-6,14-15,20H,7-13H2,1-2H3. The molecule has 1 aromatic rings. The number of carbonyl (C=O) groups excluding carboxylic acids is 1. The second-order valence-electron chi connectivity index (χ2n) is 7.38. The van der Waals surface area contributed by atoms with Gasteiger partial charge in [-0.3, -0.25) is 4.79 Å². The Bertz CT molecular complexity index is 892. The van der Waals surface area contributed by atoms with Gasteiger partial charge in [-0.05, 0) is 30.9 Å². The Morgan fingerprint density at radius 1 is 1.18 bits per heavy atom. The fourth-order valence-electron chi connectivity index (χ4n) is 3.26. The molecule has 1 aliphatic heterocycles. The number of hydrogen-bond acceptors (Lipinski definition) is 5. The summed E-state index contributed by atoms with van der Waals surface area (Å²) in [5, 5.41) is -0.432. The van der Waals surface area contributed by atoms with Gasteiger partial charge in [-0.1, -0.05) is 26.0 Å². The van der Waals surface area contributed by atoms with E-state index in [1.165, 1.54) is 12.1 Å². The molecule has 10 heteroatoms. The number of carbonyl (C=O) groups is 1. The number of amides is 1. The van der Waals surface area contributed by atoms with Crippen molar-refractivity contribution in [3.8, 4) is 0 Å². The van der Waals surface area contributed by atoms with Crippen LogP contribution in [0.1, 0.15) is 33.1 Å². The molecular formula is C18H27FN2O5S2. The van der Waals surface area contributed by atoms with Crippen molar-refractivity contribution in [2.75, 3.05) is 25.4 Å². The number of halogens is 1. The summed E-state index contributed by atoms with van der Waals surface area (Å²) in [5.74, 6) is -0.905. The maximum atomic E-state index is 13.6. The predicted molar refractivity (Wildman–Crippen MR) is 104 cm³/mol. The fraction of sp³-hybridized carbons (Fsp3) is 0.611. The highest BCUT2D eigenvalue weighted by molar-refractivity contribution is 7.92. The molecule has 158 valence electrons. The molecule has 0 unspecified atom stereocenters. The third-order valence-electron chi connectivity index (χ3n) is 4.63. The lowest BCUT2D eigenvalue weighted by atomic mass is 10.1. The van der Waals surface area contributed by atoms with Gasteiger partial charge in [-0.25, -0.2) is 25.9 Å². The number of likely N-dealkylation sites (tertiary alicyclic amines) is 1. The normalized spacial score (nSPS) is 16.5. The molecule has 1 aromatic carbocycles. The Kier molecular flexibility index (Phi) is 7.58. The zero-order valence-corrected chi connectivity index (χ0v) is 17.7. The van der Waals surface area contributed by atoms with E-state index in [0.717, 1.165) is 12.1 Å². The molecule has 7 nitrogen and oxygen atoms in total. The van der Waals surface area contributed by atoms with Crippen LogP contribution in [0.2, 0.25) is 0 Å². The Hall–Kier alpha value is -1.52. The summed E-state index contributed by atoms with van der Waals surface area (Å²) in [6, 6.07) is 5.02. The third kappa shape index (κ3) is 5.99. The maximum Gasteiger partial charge on any atom is 0.243 e. The Morgan fingerprint density at radius 2 is 1.79 bits per heavy atom. The molecule has 0 radical (unpaired) electrons. The highest BCUT2D eigenvalue weighted by Gasteiger charge is 2.31. The van der Waals surface area contributed by atoms with E-state index in [2.05, 4.69) is 4.72 Å². The number of sulfonamides is 1. The van der Waals surface area contributed by atoms with Crippen LogP contribution in [0.4, 0.5) is 4.39 Å². The Balaban J connectivity index is 1.83. The summed E-state index contributed by atoms with van der Waals surface area (Å²) in [6.45, 7) is 4.24. The third-order valence-corrected chi connectivity index (χ3v) is 8.74. The van der Waals surface area contributed by atoms with Gasteiger partial charge in [0.05, 0.1) is 11.0 Å². The minimum Gasteiger partial charge on any atom is -0.343 e. The highest BCUT2D eigenvalue weighted by atomic mass is 32.2. The van der Waals surface area contributed by atoms with Gasteiger partial charge in [-0.15, -0.1) is 0 Å². The van der Waals surface area contributed by atoms with Gasteiger partial charge < -0.3 is 4.90 Å². The lowest BCUT2D eigenvalue weighted by Gasteiger charge is -2.32. The van der Waals surface area contributed by atoms with Crippen LogP contribution in [0.5, 0.6) is 0 Å². The van der Waals surface area contributed by atoms with Gasteiger partial charge in [-0.2, -0.15) is 0 Å². The predicted octanol–water partition coefficient (Wildman–Crippen LogP) is 1.56. The van der Waals surface area contributed by atoms with Crippen molar-refractivity contribution in [3.05, 3.63) is 30.1 Å². The van der Waals surface area contributed by atoms with E-state index in [1.54, 1.807) is 4.90 Å². The number of nitrogens with zero attached hydrogens (tertiary/aromatic N) is 1. The van der Waals surface area contributed by atoms with E-state index in [9.17, 15) is 26.0 Å². The summed E-state index contributed by atoms with van der Waals surface area (Å²) in [7, 11) is -7.20. The van der Waals surface area contributed by atoms with E-state index in [-0.39, 0.29) is 30.5 Å². The Morgan fingerprint density at radius 3 is 2.36 bits per heavy atom. The van der Waals surface area contributed by atoms with Crippen LogP contribution in [0, 0.1) is 11.7 Å². The number of rotatable bonds is 8. The van der Waals surface area contributed by atoms with Crippen molar-refractivity contribution in [2.24, 2.45) is 5.92 Å². The molecule has 1 saturated heterocycles. The van der Waals surface area contributed by atoms with Crippen molar-refractivity contribution >= 4 is 25.8 Å². The molecule has 0 atom stereocenters. The topological polar surface area (TPSA) is 101 Å². The quantitative estimate of drug-likeness (QED) is 0.669. The molecule has 0 aromatic heterocycles. The van der Waals surface area contributed by atoms with Crippen LogP contribution in [0.3, 0.4) is 0 Å². The lowest BCUT2D eigenvalue weighted by Crippen LogP contribution is -2.44. The molecule has 1 N–H and O–H groups in total. The molecular weight excluding hydrogens is 407 g/mol. The molecule has 2 rings (SSSR count). The van der Waals surface area contributed by atoms with Crippen molar-refractivity contribution in [2.45, 2.75) is 43.3 Å². The van der Waals surface area contributed by atoms with E-state index >= 15 is 0 Å². The molecule has 28 heavy (non-hydrogen) atoms. The first-order valence-electron chi connectivity index (χ1n) is 9.26. The number of nitrogens with one attached hydrogen (secondary N) is 1. The van der Waals surface area contributed by atoms with Gasteiger partial charge in [0, 0.05) is 26.1 Å². The fourth-order valence-corrected chi connectivity index (χ4v) is 6.50. The number of piperidine rings is 1. The van der Waals surface area contributed by atoms with Gasteiger partial charge in [0.2, 0.25) is 15.9 Å². The van der Waals surface area contributed by atoms with Crippen LogP contribution < -0.4 is 4.72 Å². The maximum absolute atomic E-state index is 13.6. The monoisotopic (exact) mass is 434 g/mol. The average molecular weight is 435 g/mol. The molecule has 1 heterocycles. The first kappa shape index (κ1) is 22.8. The molecule has 0 saturated carbocycles. The SMILES string of the molecule is CC(C)CS(=O)(=O)C1CCN(C(=O)CCNS(=O)(=O)c2ccccc2F)CC1. The summed E-state index contributed by atoms with van der Waals surface area (Å²) in [5.41, 5.74) is 0. The molecule has 1 aliphatic rings. The smallest absolute Gasteiger partial charge is 0.243 e. The van der Waals surface area contributed by atoms with Gasteiger partial charge in [0.15, 0.2) is 9.84 Å². The highest BCUT2D eigenvalue weighted by Crippen LogP contribution is 2.21. The van der Waals surface area contributed by atoms with E-state index in [1.807, 2.05) is 13.8 Å². The minimum atomic E-state index is -4.03. The Labute approximate surface area is 166 Å². The summed E-state index contributed by atoms with van der Waals surface area (Å²) in [4.78, 5) is 13.4. The van der Waals surface area contributed by atoms with Crippen LogP contribution >= 0.6 is 0 Å². The van der Waals surface area contributed by atoms with Crippen molar-refractivity contribution < 1.29 is 26.0 Å². The zero-order chi connectivity index (χ0) is 20.9. The van der Waals surface area contributed by atoms with Crippen LogP contribution in [-0.2, 0) is 24.7 Å². The van der Waals surface area contributed by atoms with E-state index in [4.69, 9.17) is 0 Å². The van der Waals surface area contributed by atoms with Crippen molar-refractivity contribution in [1.29, 1.82) is 0 Å². The molecule has 0 bridgehead atoms. The number of benzene rings is 1. The summed E-state index contributed by atoms with van der Waals surface area (Å²) >= 11 is 0. The van der Waals surface area contributed by atoms with Gasteiger partial charge in [0.25, 0.3) is 0 Å². The van der Waals surface area contributed by atoms with Gasteiger partial charge in [0.1, 0.15) is 10.7 Å².